The highest BCUT2D eigenvalue weighted by molar-refractivity contribution is 5.22. The molecule has 106 valence electrons. The van der Waals surface area contributed by atoms with Gasteiger partial charge in [0.2, 0.25) is 0 Å². The summed E-state index contributed by atoms with van der Waals surface area (Å²) < 4.78 is 32.4. The summed E-state index contributed by atoms with van der Waals surface area (Å²) in [6.45, 7) is 2.79. The summed E-state index contributed by atoms with van der Waals surface area (Å²) >= 11 is 0. The molecular formula is C14H19F2NO2. The Morgan fingerprint density at radius 2 is 2.11 bits per heavy atom. The maximum atomic E-state index is 13.5. The van der Waals surface area contributed by atoms with E-state index in [1.54, 1.807) is 0 Å². The van der Waals surface area contributed by atoms with Crippen LogP contribution in [0.25, 0.3) is 0 Å². The molecule has 5 heteroatoms. The average Bonchev–Trinajstić information content (AvgIpc) is 2.36. The Labute approximate surface area is 111 Å². The minimum absolute atomic E-state index is 0.134. The van der Waals surface area contributed by atoms with Gasteiger partial charge in [-0.1, -0.05) is 6.07 Å². The van der Waals surface area contributed by atoms with Gasteiger partial charge in [-0.05, 0) is 31.9 Å². The van der Waals surface area contributed by atoms with Crippen molar-refractivity contribution in [1.29, 1.82) is 0 Å². The van der Waals surface area contributed by atoms with Gasteiger partial charge in [0.25, 0.3) is 0 Å². The Morgan fingerprint density at radius 1 is 1.42 bits per heavy atom. The fraction of sp³-hybridized carbons (Fsp3) is 0.571. The predicted molar refractivity (Wildman–Crippen MR) is 67.8 cm³/mol. The zero-order chi connectivity index (χ0) is 13.8. The Hall–Kier alpha value is -1.04. The van der Waals surface area contributed by atoms with Crippen molar-refractivity contribution in [3.05, 3.63) is 35.4 Å². The third-order valence-corrected chi connectivity index (χ3v) is 3.42. The van der Waals surface area contributed by atoms with Crippen molar-refractivity contribution in [2.75, 3.05) is 13.2 Å². The molecular weight excluding hydrogens is 252 g/mol. The smallest absolute Gasteiger partial charge is 0.131 e. The Morgan fingerprint density at radius 3 is 2.74 bits per heavy atom. The molecule has 0 aliphatic carbocycles. The van der Waals surface area contributed by atoms with Gasteiger partial charge in [0.1, 0.15) is 11.6 Å². The van der Waals surface area contributed by atoms with E-state index >= 15 is 0 Å². The van der Waals surface area contributed by atoms with Crippen LogP contribution in [0, 0.1) is 11.6 Å². The van der Waals surface area contributed by atoms with Gasteiger partial charge in [0.15, 0.2) is 0 Å². The fourth-order valence-corrected chi connectivity index (χ4v) is 2.39. The molecule has 1 aliphatic heterocycles. The van der Waals surface area contributed by atoms with Crippen LogP contribution in [0.4, 0.5) is 8.78 Å². The minimum Gasteiger partial charge on any atom is -0.387 e. The summed E-state index contributed by atoms with van der Waals surface area (Å²) in [5.41, 5.74) is -0.268. The number of hydrogen-bond acceptors (Lipinski definition) is 3. The average molecular weight is 271 g/mol. The van der Waals surface area contributed by atoms with Crippen LogP contribution in [-0.2, 0) is 4.74 Å². The molecule has 0 amide bonds. The SMILES string of the molecule is CC1CC(NCC(O)c2c(F)cccc2F)CCO1. The van der Waals surface area contributed by atoms with E-state index in [2.05, 4.69) is 5.32 Å². The minimum atomic E-state index is -1.18. The monoisotopic (exact) mass is 271 g/mol. The third-order valence-electron chi connectivity index (χ3n) is 3.42. The van der Waals surface area contributed by atoms with Crippen LogP contribution in [-0.4, -0.2) is 30.4 Å². The van der Waals surface area contributed by atoms with Crippen LogP contribution in [0.2, 0.25) is 0 Å². The van der Waals surface area contributed by atoms with Gasteiger partial charge in [0.05, 0.1) is 17.8 Å². The van der Waals surface area contributed by atoms with Gasteiger partial charge >= 0.3 is 0 Å². The molecule has 1 aromatic carbocycles. The topological polar surface area (TPSA) is 41.5 Å². The summed E-state index contributed by atoms with van der Waals surface area (Å²) in [6.07, 6.45) is 0.677. The molecule has 0 aromatic heterocycles. The lowest BCUT2D eigenvalue weighted by Gasteiger charge is -2.29. The molecule has 2 N–H and O–H groups in total. The molecule has 3 nitrogen and oxygen atoms in total. The molecule has 1 aromatic rings. The highest BCUT2D eigenvalue weighted by Crippen LogP contribution is 2.21. The van der Waals surface area contributed by atoms with Gasteiger partial charge in [-0.25, -0.2) is 8.78 Å². The lowest BCUT2D eigenvalue weighted by Crippen LogP contribution is -2.40. The van der Waals surface area contributed by atoms with Crippen molar-refractivity contribution in [1.82, 2.24) is 5.32 Å². The second-order valence-corrected chi connectivity index (χ2v) is 4.96. The molecule has 0 bridgehead atoms. The highest BCUT2D eigenvalue weighted by Gasteiger charge is 2.22. The summed E-state index contributed by atoms with van der Waals surface area (Å²) in [6, 6.07) is 3.80. The summed E-state index contributed by atoms with van der Waals surface area (Å²) in [5, 5.41) is 13.0. The van der Waals surface area contributed by atoms with Gasteiger partial charge in [-0.15, -0.1) is 0 Å². The molecule has 1 fully saturated rings. The van der Waals surface area contributed by atoms with Crippen molar-refractivity contribution in [3.63, 3.8) is 0 Å². The predicted octanol–water partition coefficient (Wildman–Crippen LogP) is 2.16. The van der Waals surface area contributed by atoms with E-state index in [1.165, 1.54) is 6.07 Å². The first kappa shape index (κ1) is 14.4. The van der Waals surface area contributed by atoms with Gasteiger partial charge in [-0.2, -0.15) is 0 Å². The van der Waals surface area contributed by atoms with Crippen molar-refractivity contribution in [3.8, 4) is 0 Å². The maximum absolute atomic E-state index is 13.5. The molecule has 0 saturated carbocycles. The Kier molecular flexibility index (Phi) is 4.85. The first-order valence-corrected chi connectivity index (χ1v) is 6.55. The van der Waals surface area contributed by atoms with Crippen LogP contribution in [0.5, 0.6) is 0 Å². The highest BCUT2D eigenvalue weighted by atomic mass is 19.1. The fourth-order valence-electron chi connectivity index (χ4n) is 2.39. The van der Waals surface area contributed by atoms with Gasteiger partial charge < -0.3 is 15.2 Å². The van der Waals surface area contributed by atoms with Gasteiger partial charge in [0, 0.05) is 19.2 Å². The quantitative estimate of drug-likeness (QED) is 0.881. The van der Waals surface area contributed by atoms with Crippen molar-refractivity contribution >= 4 is 0 Å². The number of halogens is 2. The number of ether oxygens (including phenoxy) is 1. The molecule has 2 rings (SSSR count). The maximum Gasteiger partial charge on any atom is 0.131 e. The normalized spacial score (nSPS) is 25.3. The number of aliphatic hydroxyl groups excluding tert-OH is 1. The molecule has 1 aliphatic rings. The first-order chi connectivity index (χ1) is 9.08. The van der Waals surface area contributed by atoms with E-state index in [0.29, 0.717) is 6.61 Å². The third kappa shape index (κ3) is 3.72. The van der Waals surface area contributed by atoms with E-state index in [1.807, 2.05) is 6.92 Å². The molecule has 0 spiro atoms. The molecule has 0 radical (unpaired) electrons. The number of rotatable bonds is 4. The second-order valence-electron chi connectivity index (χ2n) is 4.96. The number of aliphatic hydroxyl groups is 1. The lowest BCUT2D eigenvalue weighted by atomic mass is 10.0. The molecule has 3 atom stereocenters. The van der Waals surface area contributed by atoms with Crippen LogP contribution >= 0.6 is 0 Å². The van der Waals surface area contributed by atoms with Crippen LogP contribution < -0.4 is 5.32 Å². The summed E-state index contributed by atoms with van der Waals surface area (Å²) in [7, 11) is 0. The molecule has 19 heavy (non-hydrogen) atoms. The lowest BCUT2D eigenvalue weighted by molar-refractivity contribution is 0.0108. The number of benzene rings is 1. The van der Waals surface area contributed by atoms with Crippen molar-refractivity contribution < 1.29 is 18.6 Å². The van der Waals surface area contributed by atoms with E-state index in [4.69, 9.17) is 4.74 Å². The van der Waals surface area contributed by atoms with Crippen LogP contribution in [0.1, 0.15) is 31.4 Å². The van der Waals surface area contributed by atoms with E-state index in [9.17, 15) is 13.9 Å². The first-order valence-electron chi connectivity index (χ1n) is 6.55. The summed E-state index contributed by atoms with van der Waals surface area (Å²) in [5.74, 6) is -1.43. The van der Waals surface area contributed by atoms with Crippen molar-refractivity contribution in [2.45, 2.75) is 38.0 Å². The molecule has 1 saturated heterocycles. The number of nitrogens with one attached hydrogen (secondary N) is 1. The standard InChI is InChI=1S/C14H19F2NO2/c1-9-7-10(5-6-19-9)17-8-13(18)14-11(15)3-2-4-12(14)16/h2-4,9-10,13,17-18H,5-8H2,1H3. The molecule has 1 heterocycles. The van der Waals surface area contributed by atoms with E-state index < -0.39 is 17.7 Å². The van der Waals surface area contributed by atoms with Gasteiger partial charge in [-0.3, -0.25) is 0 Å². The van der Waals surface area contributed by atoms with Crippen LogP contribution in [0.3, 0.4) is 0 Å². The van der Waals surface area contributed by atoms with Crippen molar-refractivity contribution in [2.24, 2.45) is 0 Å². The van der Waals surface area contributed by atoms with Crippen LogP contribution in [0.15, 0.2) is 18.2 Å². The number of hydrogen-bond donors (Lipinski definition) is 2. The second kappa shape index (κ2) is 6.41. The largest absolute Gasteiger partial charge is 0.387 e. The zero-order valence-electron chi connectivity index (χ0n) is 10.9. The summed E-state index contributed by atoms with van der Waals surface area (Å²) in [4.78, 5) is 0. The van der Waals surface area contributed by atoms with E-state index in [-0.39, 0.29) is 24.3 Å². The van der Waals surface area contributed by atoms with E-state index in [0.717, 1.165) is 25.0 Å². The Bertz CT molecular complexity index is 408. The molecule has 3 unspecified atom stereocenters. The zero-order valence-corrected chi connectivity index (χ0v) is 10.9. The Balaban J connectivity index is 1.92.